The molecule has 4 nitrogen and oxygen atoms in total. The summed E-state index contributed by atoms with van der Waals surface area (Å²) in [5.41, 5.74) is 11.1. The lowest BCUT2D eigenvalue weighted by Crippen LogP contribution is -2.00. The second-order valence-electron chi connectivity index (χ2n) is 14.4. The van der Waals surface area contributed by atoms with Crippen molar-refractivity contribution in [3.05, 3.63) is 206 Å². The molecule has 0 N–H and O–H groups in total. The molecule has 0 amide bonds. The van der Waals surface area contributed by atoms with Crippen molar-refractivity contribution in [2.24, 2.45) is 0 Å². The van der Waals surface area contributed by atoms with E-state index in [1.165, 1.54) is 54.6 Å². The van der Waals surface area contributed by atoms with Gasteiger partial charge in [-0.1, -0.05) is 164 Å². The molecule has 0 fully saturated rings. The summed E-state index contributed by atoms with van der Waals surface area (Å²) in [6.07, 6.45) is 0. The van der Waals surface area contributed by atoms with Crippen LogP contribution in [0.2, 0.25) is 0 Å². The second-order valence-corrected chi connectivity index (χ2v) is 14.4. The molecule has 0 saturated heterocycles. The number of hydrogen-bond acceptors (Lipinski definition) is 3. The highest BCUT2D eigenvalue weighted by molar-refractivity contribution is 6.22. The van der Waals surface area contributed by atoms with Crippen LogP contribution in [0.25, 0.3) is 105 Å². The summed E-state index contributed by atoms with van der Waals surface area (Å²) in [5, 5.41) is 7.42. The van der Waals surface area contributed by atoms with Crippen molar-refractivity contribution in [3.8, 4) is 62.1 Å². The molecule has 57 heavy (non-hydrogen) atoms. The fourth-order valence-corrected chi connectivity index (χ4v) is 8.35. The van der Waals surface area contributed by atoms with Gasteiger partial charge in [-0.15, -0.1) is 0 Å². The van der Waals surface area contributed by atoms with Gasteiger partial charge in [-0.05, 0) is 86.3 Å². The number of benzene rings is 9. The maximum Gasteiger partial charge on any atom is 0.164 e. The maximum absolute atomic E-state index is 4.97. The zero-order valence-corrected chi connectivity index (χ0v) is 30.9. The highest BCUT2D eigenvalue weighted by Gasteiger charge is 2.18. The fourth-order valence-electron chi connectivity index (χ4n) is 8.35. The van der Waals surface area contributed by atoms with Gasteiger partial charge in [0.15, 0.2) is 17.5 Å². The minimum Gasteiger partial charge on any atom is -0.309 e. The summed E-state index contributed by atoms with van der Waals surface area (Å²) < 4.78 is 2.38. The third-order valence-electron chi connectivity index (χ3n) is 11.1. The quantitative estimate of drug-likeness (QED) is 0.171. The summed E-state index contributed by atoms with van der Waals surface area (Å²) in [7, 11) is 0. The molecule has 0 unspecified atom stereocenters. The predicted molar refractivity (Wildman–Crippen MR) is 236 cm³/mol. The van der Waals surface area contributed by atoms with Gasteiger partial charge in [-0.3, -0.25) is 0 Å². The first kappa shape index (κ1) is 32.7. The molecule has 0 bridgehead atoms. The van der Waals surface area contributed by atoms with E-state index < -0.39 is 0 Å². The molecule has 11 rings (SSSR count). The van der Waals surface area contributed by atoms with Crippen molar-refractivity contribution in [2.45, 2.75) is 0 Å². The smallest absolute Gasteiger partial charge is 0.164 e. The predicted octanol–water partition coefficient (Wildman–Crippen LogP) is 13.6. The number of para-hydroxylation sites is 1. The third-order valence-corrected chi connectivity index (χ3v) is 11.1. The van der Waals surface area contributed by atoms with E-state index in [4.69, 9.17) is 15.0 Å². The van der Waals surface area contributed by atoms with E-state index in [1.807, 2.05) is 60.7 Å². The zero-order valence-electron chi connectivity index (χ0n) is 30.9. The fraction of sp³-hybridized carbons (Fsp3) is 0. The Kier molecular flexibility index (Phi) is 7.78. The number of rotatable bonds is 6. The molecule has 2 aromatic heterocycles. The van der Waals surface area contributed by atoms with E-state index >= 15 is 0 Å². The van der Waals surface area contributed by atoms with Crippen LogP contribution in [-0.4, -0.2) is 19.5 Å². The van der Waals surface area contributed by atoms with Crippen LogP contribution in [0, 0.1) is 0 Å². The van der Waals surface area contributed by atoms with Crippen LogP contribution in [0.1, 0.15) is 0 Å². The van der Waals surface area contributed by atoms with Gasteiger partial charge in [0.2, 0.25) is 0 Å². The number of hydrogen-bond donors (Lipinski definition) is 0. The van der Waals surface area contributed by atoms with Crippen LogP contribution in [0.4, 0.5) is 0 Å². The van der Waals surface area contributed by atoms with Gasteiger partial charge in [-0.2, -0.15) is 0 Å². The Morgan fingerprint density at radius 2 is 0.754 bits per heavy atom. The van der Waals surface area contributed by atoms with Crippen LogP contribution < -0.4 is 0 Å². The largest absolute Gasteiger partial charge is 0.309 e. The summed E-state index contributed by atoms with van der Waals surface area (Å²) in [6, 6.07) is 73.0. The molecule has 0 aliphatic heterocycles. The SMILES string of the molecule is c1ccc(-c2nc(-c3ccccc3)nc(-c3ccc(-n4c5ccccc5c5c6cc(-c7ccc(-c8ccccc8)c8ccccc78)ccc6ccc54)cc3)n2)cc1. The Balaban J connectivity index is 1.05. The lowest BCUT2D eigenvalue weighted by Gasteiger charge is -2.13. The number of fused-ring (bicyclic) bond motifs is 6. The average molecular weight is 727 g/mol. The molecule has 0 radical (unpaired) electrons. The Labute approximate surface area is 330 Å². The number of aromatic nitrogens is 4. The van der Waals surface area contributed by atoms with Gasteiger partial charge in [0.1, 0.15) is 0 Å². The van der Waals surface area contributed by atoms with Crippen molar-refractivity contribution >= 4 is 43.4 Å². The number of nitrogens with zero attached hydrogens (tertiary/aromatic N) is 4. The molecule has 0 saturated carbocycles. The Morgan fingerprint density at radius 1 is 0.298 bits per heavy atom. The molecule has 0 spiro atoms. The van der Waals surface area contributed by atoms with E-state index in [1.54, 1.807) is 0 Å². The van der Waals surface area contributed by atoms with Crippen molar-refractivity contribution in [1.82, 2.24) is 19.5 Å². The van der Waals surface area contributed by atoms with Gasteiger partial charge >= 0.3 is 0 Å². The second kappa shape index (κ2) is 13.6. The van der Waals surface area contributed by atoms with Gasteiger partial charge in [0.25, 0.3) is 0 Å². The van der Waals surface area contributed by atoms with Crippen LogP contribution in [-0.2, 0) is 0 Å². The summed E-state index contributed by atoms with van der Waals surface area (Å²) in [5.74, 6) is 1.94. The summed E-state index contributed by atoms with van der Waals surface area (Å²) in [6.45, 7) is 0. The summed E-state index contributed by atoms with van der Waals surface area (Å²) in [4.78, 5) is 14.8. The van der Waals surface area contributed by atoms with E-state index in [2.05, 4.69) is 150 Å². The molecule has 0 atom stereocenters. The highest BCUT2D eigenvalue weighted by Crippen LogP contribution is 2.41. The topological polar surface area (TPSA) is 43.6 Å². The van der Waals surface area contributed by atoms with Crippen molar-refractivity contribution in [2.75, 3.05) is 0 Å². The minimum absolute atomic E-state index is 0.638. The van der Waals surface area contributed by atoms with Gasteiger partial charge in [-0.25, -0.2) is 15.0 Å². The molecular weight excluding hydrogens is 693 g/mol. The average Bonchev–Trinajstić information content (AvgIpc) is 3.64. The molecule has 0 aliphatic rings. The van der Waals surface area contributed by atoms with E-state index in [9.17, 15) is 0 Å². The first-order valence-electron chi connectivity index (χ1n) is 19.3. The van der Waals surface area contributed by atoms with Gasteiger partial charge in [0, 0.05) is 33.2 Å². The van der Waals surface area contributed by atoms with Crippen LogP contribution in [0.15, 0.2) is 206 Å². The third kappa shape index (κ3) is 5.66. The Bertz CT molecular complexity index is 3200. The van der Waals surface area contributed by atoms with Gasteiger partial charge in [0.05, 0.1) is 11.0 Å². The Morgan fingerprint density at radius 3 is 1.35 bits per heavy atom. The first-order valence-corrected chi connectivity index (χ1v) is 19.3. The van der Waals surface area contributed by atoms with Crippen molar-refractivity contribution < 1.29 is 0 Å². The standard InChI is InChI=1S/C53H34N4/c1-4-14-35(15-5-1)42-31-32-43(45-21-11-10-20-44(42)45)40-25-24-36-28-33-49-50(47(36)34-40)46-22-12-13-23-48(46)57(49)41-29-26-39(27-30-41)53-55-51(37-16-6-2-7-17-37)54-52(56-53)38-18-8-3-9-19-38/h1-34H. The first-order chi connectivity index (χ1) is 28.3. The molecule has 0 aliphatic carbocycles. The highest BCUT2D eigenvalue weighted by atomic mass is 15.0. The van der Waals surface area contributed by atoms with Crippen LogP contribution in [0.3, 0.4) is 0 Å². The van der Waals surface area contributed by atoms with Crippen molar-refractivity contribution in [1.29, 1.82) is 0 Å². The lowest BCUT2D eigenvalue weighted by molar-refractivity contribution is 1.07. The molecule has 11 aromatic rings. The minimum atomic E-state index is 0.638. The van der Waals surface area contributed by atoms with Crippen LogP contribution in [0.5, 0.6) is 0 Å². The normalized spacial score (nSPS) is 11.5. The molecule has 266 valence electrons. The van der Waals surface area contributed by atoms with E-state index in [0.29, 0.717) is 17.5 Å². The molecule has 2 heterocycles. The van der Waals surface area contributed by atoms with Crippen molar-refractivity contribution in [3.63, 3.8) is 0 Å². The Hall–Kier alpha value is -7.69. The monoisotopic (exact) mass is 726 g/mol. The van der Waals surface area contributed by atoms with Crippen LogP contribution >= 0.6 is 0 Å². The lowest BCUT2D eigenvalue weighted by atomic mass is 9.91. The maximum atomic E-state index is 4.97. The molecule has 4 heteroatoms. The zero-order chi connectivity index (χ0) is 37.7. The summed E-state index contributed by atoms with van der Waals surface area (Å²) >= 11 is 0. The van der Waals surface area contributed by atoms with Gasteiger partial charge < -0.3 is 4.57 Å². The van der Waals surface area contributed by atoms with E-state index in [-0.39, 0.29) is 0 Å². The molecular formula is C53H34N4. The van der Waals surface area contributed by atoms with E-state index in [0.717, 1.165) is 33.4 Å². The molecule has 9 aromatic carbocycles.